The molecule has 0 aliphatic carbocycles. The van der Waals surface area contributed by atoms with Gasteiger partial charge in [0.05, 0.1) is 11.7 Å². The summed E-state index contributed by atoms with van der Waals surface area (Å²) in [7, 11) is 1.67. The summed E-state index contributed by atoms with van der Waals surface area (Å²) < 4.78 is 5.24. The van der Waals surface area contributed by atoms with Crippen molar-refractivity contribution in [3.63, 3.8) is 0 Å². The highest BCUT2D eigenvalue weighted by atomic mass is 32.1. The number of benzene rings is 1. The van der Waals surface area contributed by atoms with E-state index in [1.165, 1.54) is 0 Å². The number of thiol groups is 1. The van der Waals surface area contributed by atoms with E-state index in [0.29, 0.717) is 26.1 Å². The van der Waals surface area contributed by atoms with E-state index in [2.05, 4.69) is 17.9 Å². The maximum absolute atomic E-state index is 13.3. The van der Waals surface area contributed by atoms with Crippen LogP contribution in [0, 0.1) is 13.8 Å². The number of ether oxygens (including phenoxy) is 1. The molecule has 25 heavy (non-hydrogen) atoms. The topological polar surface area (TPSA) is 67.6 Å². The molecule has 1 fully saturated rings. The van der Waals surface area contributed by atoms with Gasteiger partial charge in [0.2, 0.25) is 0 Å². The number of methoxy groups -OCH3 is 1. The fraction of sp³-hybridized carbons (Fsp3) is 0.632. The van der Waals surface area contributed by atoms with Crippen molar-refractivity contribution in [3.05, 3.63) is 34.9 Å². The Kier molecular flexibility index (Phi) is 7.31. The van der Waals surface area contributed by atoms with Gasteiger partial charge in [0.25, 0.3) is 5.91 Å². The van der Waals surface area contributed by atoms with E-state index >= 15 is 0 Å². The Morgan fingerprint density at radius 3 is 2.92 bits per heavy atom. The Hall–Kier alpha value is -1.08. The lowest BCUT2D eigenvalue weighted by molar-refractivity contribution is 0.0239. The quantitative estimate of drug-likeness (QED) is 0.648. The summed E-state index contributed by atoms with van der Waals surface area (Å²) in [5.41, 5.74) is 9.00. The number of nitrogens with zero attached hydrogens (tertiary/aromatic N) is 1. The Labute approximate surface area is 156 Å². The van der Waals surface area contributed by atoms with Crippen molar-refractivity contribution in [1.29, 1.82) is 0 Å². The Bertz CT molecular complexity index is 596. The molecule has 5 nitrogen and oxygen atoms in total. The van der Waals surface area contributed by atoms with Crippen molar-refractivity contribution < 1.29 is 9.53 Å². The molecule has 0 radical (unpaired) electrons. The largest absolute Gasteiger partial charge is 0.385 e. The molecule has 0 saturated carbocycles. The molecule has 2 atom stereocenters. The Morgan fingerprint density at radius 1 is 1.48 bits per heavy atom. The molecule has 2 rings (SSSR count). The Balaban J connectivity index is 2.31. The molecule has 1 aliphatic rings. The molecule has 0 spiro atoms. The van der Waals surface area contributed by atoms with Crippen LogP contribution in [0.5, 0.6) is 0 Å². The van der Waals surface area contributed by atoms with Gasteiger partial charge in [-0.1, -0.05) is 12.1 Å². The standard InChI is InChI=1S/C19H31N3O2S/c1-14-6-4-7-16(15(14)2)18(23)22-11-10-21-19(20,9-12-24-3)17(22)8-5-13-25/h4,6-7,17,21,25H,5,8-13,20H2,1-3H3/t17?,19-/m0/s1. The molecule has 0 bridgehead atoms. The van der Waals surface area contributed by atoms with Gasteiger partial charge in [0.1, 0.15) is 0 Å². The summed E-state index contributed by atoms with van der Waals surface area (Å²) in [4.78, 5) is 15.3. The molecule has 1 saturated heterocycles. The predicted molar refractivity (Wildman–Crippen MR) is 105 cm³/mol. The minimum absolute atomic E-state index is 0.0686. The van der Waals surface area contributed by atoms with Gasteiger partial charge in [-0.3, -0.25) is 10.1 Å². The second kappa shape index (κ2) is 9.03. The number of carbonyl (C=O) groups is 1. The van der Waals surface area contributed by atoms with Crippen molar-refractivity contribution in [3.8, 4) is 0 Å². The van der Waals surface area contributed by atoms with Crippen molar-refractivity contribution in [2.45, 2.75) is 44.8 Å². The molecule has 1 aromatic carbocycles. The summed E-state index contributed by atoms with van der Waals surface area (Å²) >= 11 is 4.34. The summed E-state index contributed by atoms with van der Waals surface area (Å²) in [6.07, 6.45) is 2.41. The van der Waals surface area contributed by atoms with E-state index in [9.17, 15) is 4.79 Å². The minimum Gasteiger partial charge on any atom is -0.385 e. The molecule has 1 aromatic rings. The van der Waals surface area contributed by atoms with Crippen LogP contribution < -0.4 is 11.1 Å². The third-order valence-electron chi connectivity index (χ3n) is 5.23. The maximum Gasteiger partial charge on any atom is 0.254 e. The first kappa shape index (κ1) is 20.2. The van der Waals surface area contributed by atoms with E-state index in [0.717, 1.165) is 35.3 Å². The van der Waals surface area contributed by atoms with E-state index in [1.54, 1.807) is 7.11 Å². The van der Waals surface area contributed by atoms with Crippen LogP contribution in [0.15, 0.2) is 18.2 Å². The summed E-state index contributed by atoms with van der Waals surface area (Å²) in [6.45, 7) is 5.96. The first-order valence-electron chi connectivity index (χ1n) is 8.95. The van der Waals surface area contributed by atoms with E-state index in [4.69, 9.17) is 10.5 Å². The number of aryl methyl sites for hydroxylation is 1. The van der Waals surface area contributed by atoms with Crippen molar-refractivity contribution in [1.82, 2.24) is 10.2 Å². The first-order valence-corrected chi connectivity index (χ1v) is 9.58. The van der Waals surface area contributed by atoms with Crippen LogP contribution in [0.25, 0.3) is 0 Å². The van der Waals surface area contributed by atoms with Crippen LogP contribution >= 0.6 is 12.6 Å². The van der Waals surface area contributed by atoms with Crippen LogP contribution in [0.4, 0.5) is 0 Å². The van der Waals surface area contributed by atoms with Gasteiger partial charge >= 0.3 is 0 Å². The van der Waals surface area contributed by atoms with E-state index < -0.39 is 5.66 Å². The third kappa shape index (κ3) is 4.56. The zero-order chi connectivity index (χ0) is 18.4. The summed E-state index contributed by atoms with van der Waals surface area (Å²) in [5.74, 6) is 0.849. The smallest absolute Gasteiger partial charge is 0.254 e. The fourth-order valence-electron chi connectivity index (χ4n) is 3.57. The highest BCUT2D eigenvalue weighted by Gasteiger charge is 2.43. The molecule has 140 valence electrons. The maximum atomic E-state index is 13.3. The number of nitrogens with two attached hydrogens (primary N) is 1. The van der Waals surface area contributed by atoms with Gasteiger partial charge in [0.15, 0.2) is 0 Å². The lowest BCUT2D eigenvalue weighted by Gasteiger charge is -2.49. The lowest BCUT2D eigenvalue weighted by Crippen LogP contribution is -2.72. The number of carbonyl (C=O) groups excluding carboxylic acids is 1. The van der Waals surface area contributed by atoms with Gasteiger partial charge in [-0.15, -0.1) is 0 Å². The SMILES string of the molecule is COCC[C@]1(N)NCCN(C(=O)c2cccc(C)c2C)C1CCCS. The second-order valence-corrected chi connectivity index (χ2v) is 7.28. The summed E-state index contributed by atoms with van der Waals surface area (Å²) in [5, 5.41) is 3.43. The molecule has 1 amide bonds. The third-order valence-corrected chi connectivity index (χ3v) is 5.55. The molecular formula is C19H31N3O2S. The lowest BCUT2D eigenvalue weighted by atomic mass is 9.89. The Morgan fingerprint density at radius 2 is 2.24 bits per heavy atom. The van der Waals surface area contributed by atoms with Gasteiger partial charge in [-0.25, -0.2) is 0 Å². The first-order chi connectivity index (χ1) is 11.9. The minimum atomic E-state index is -0.634. The number of piperazine rings is 1. The average Bonchev–Trinajstić information content (AvgIpc) is 2.60. The monoisotopic (exact) mass is 365 g/mol. The van der Waals surface area contributed by atoms with Gasteiger partial charge in [0, 0.05) is 38.8 Å². The number of rotatable bonds is 7. The summed E-state index contributed by atoms with van der Waals surface area (Å²) in [6, 6.07) is 5.82. The van der Waals surface area contributed by atoms with Gasteiger partial charge < -0.3 is 15.4 Å². The molecule has 6 heteroatoms. The van der Waals surface area contributed by atoms with Crippen molar-refractivity contribution in [2.75, 3.05) is 32.6 Å². The van der Waals surface area contributed by atoms with Crippen LogP contribution in [-0.2, 0) is 4.74 Å². The van der Waals surface area contributed by atoms with Gasteiger partial charge in [-0.05, 0) is 49.6 Å². The highest BCUT2D eigenvalue weighted by Crippen LogP contribution is 2.26. The number of hydrogen-bond donors (Lipinski definition) is 3. The van der Waals surface area contributed by atoms with Crippen LogP contribution in [0.3, 0.4) is 0 Å². The van der Waals surface area contributed by atoms with E-state index in [1.807, 2.05) is 36.9 Å². The molecule has 1 aliphatic heterocycles. The molecule has 1 heterocycles. The molecular weight excluding hydrogens is 334 g/mol. The molecule has 3 N–H and O–H groups in total. The van der Waals surface area contributed by atoms with Crippen molar-refractivity contribution >= 4 is 18.5 Å². The second-order valence-electron chi connectivity index (χ2n) is 6.84. The predicted octanol–water partition coefficient (Wildman–Crippen LogP) is 2.12. The van der Waals surface area contributed by atoms with Crippen LogP contribution in [0.1, 0.15) is 40.7 Å². The molecule has 0 aromatic heterocycles. The zero-order valence-electron chi connectivity index (χ0n) is 15.5. The number of nitrogens with one attached hydrogen (secondary N) is 1. The van der Waals surface area contributed by atoms with Crippen molar-refractivity contribution in [2.24, 2.45) is 5.73 Å². The van der Waals surface area contributed by atoms with Crippen LogP contribution in [0.2, 0.25) is 0 Å². The number of amides is 1. The normalized spacial score (nSPS) is 23.7. The highest BCUT2D eigenvalue weighted by molar-refractivity contribution is 7.80. The zero-order valence-corrected chi connectivity index (χ0v) is 16.4. The van der Waals surface area contributed by atoms with Gasteiger partial charge in [-0.2, -0.15) is 12.6 Å². The van der Waals surface area contributed by atoms with E-state index in [-0.39, 0.29) is 11.9 Å². The fourth-order valence-corrected chi connectivity index (χ4v) is 3.75. The number of hydrogen-bond acceptors (Lipinski definition) is 5. The van der Waals surface area contributed by atoms with Crippen LogP contribution in [-0.4, -0.2) is 55.1 Å². The average molecular weight is 366 g/mol. The molecule has 1 unspecified atom stereocenters.